The summed E-state index contributed by atoms with van der Waals surface area (Å²) in [4.78, 5) is 19.0. The molecule has 2 saturated heterocycles. The number of carbonyl (C=O) groups is 1. The highest BCUT2D eigenvalue weighted by atomic mass is 16.5. The number of hydrogen-bond acceptors (Lipinski definition) is 4. The molecule has 0 aromatic carbocycles. The minimum atomic E-state index is -0.362. The summed E-state index contributed by atoms with van der Waals surface area (Å²) in [5.41, 5.74) is 6.74. The molecule has 1 atom stereocenters. The van der Waals surface area contributed by atoms with Gasteiger partial charge in [0.15, 0.2) is 0 Å². The number of primary amides is 1. The normalized spacial score (nSPS) is 26.3. The van der Waals surface area contributed by atoms with Crippen LogP contribution in [-0.2, 0) is 16.0 Å². The lowest BCUT2D eigenvalue weighted by Crippen LogP contribution is -2.54. The Bertz CT molecular complexity index is 531. The number of aryl methyl sites for hydroxylation is 1. The van der Waals surface area contributed by atoms with E-state index in [1.807, 2.05) is 12.3 Å². The maximum Gasteiger partial charge on any atom is 0.224 e. The van der Waals surface area contributed by atoms with Crippen LogP contribution in [0.25, 0.3) is 0 Å². The number of hydrogen-bond donors (Lipinski definition) is 1. The maximum atomic E-state index is 12.3. The summed E-state index contributed by atoms with van der Waals surface area (Å²) < 4.78 is 5.48. The van der Waals surface area contributed by atoms with Gasteiger partial charge in [0, 0.05) is 38.2 Å². The number of nitrogens with zero attached hydrogens (tertiary/aromatic N) is 2. The van der Waals surface area contributed by atoms with E-state index in [1.165, 1.54) is 5.56 Å². The summed E-state index contributed by atoms with van der Waals surface area (Å²) in [6.45, 7) is 3.58. The van der Waals surface area contributed by atoms with E-state index in [1.54, 1.807) is 6.20 Å². The van der Waals surface area contributed by atoms with Gasteiger partial charge in [0.2, 0.25) is 5.91 Å². The third-order valence-electron chi connectivity index (χ3n) is 5.68. The van der Waals surface area contributed by atoms with E-state index in [9.17, 15) is 4.79 Å². The first-order valence-corrected chi connectivity index (χ1v) is 9.20. The second-order valence-electron chi connectivity index (χ2n) is 7.28. The Morgan fingerprint density at radius 2 is 2.25 bits per heavy atom. The summed E-state index contributed by atoms with van der Waals surface area (Å²) >= 11 is 0. The minimum Gasteiger partial charge on any atom is -0.381 e. The summed E-state index contributed by atoms with van der Waals surface area (Å²) in [5, 5.41) is 0. The van der Waals surface area contributed by atoms with Gasteiger partial charge in [-0.15, -0.1) is 0 Å². The number of pyridine rings is 1. The molecule has 1 aromatic heterocycles. The van der Waals surface area contributed by atoms with E-state index in [0.717, 1.165) is 71.2 Å². The molecule has 2 N–H and O–H groups in total. The van der Waals surface area contributed by atoms with Gasteiger partial charge < -0.3 is 10.5 Å². The molecule has 0 saturated carbocycles. The molecule has 1 unspecified atom stereocenters. The van der Waals surface area contributed by atoms with E-state index in [4.69, 9.17) is 10.5 Å². The van der Waals surface area contributed by atoms with Crippen LogP contribution in [0.3, 0.4) is 0 Å². The van der Waals surface area contributed by atoms with Crippen LogP contribution in [0.2, 0.25) is 0 Å². The largest absolute Gasteiger partial charge is 0.381 e. The zero-order chi connectivity index (χ0) is 16.8. The van der Waals surface area contributed by atoms with Crippen molar-refractivity contribution in [1.29, 1.82) is 0 Å². The average Bonchev–Trinajstić information content (AvgIpc) is 2.63. The van der Waals surface area contributed by atoms with Crippen molar-refractivity contribution in [1.82, 2.24) is 9.88 Å². The predicted octanol–water partition coefficient (Wildman–Crippen LogP) is 2.15. The van der Waals surface area contributed by atoms with Gasteiger partial charge in [-0.05, 0) is 63.1 Å². The van der Waals surface area contributed by atoms with E-state index >= 15 is 0 Å². The molecule has 5 heteroatoms. The molecule has 0 radical (unpaired) electrons. The fourth-order valence-corrected chi connectivity index (χ4v) is 4.23. The molecule has 2 aliphatic rings. The number of ether oxygens (including phenoxy) is 1. The number of nitrogens with two attached hydrogens (primary N) is 1. The molecule has 2 fully saturated rings. The first-order valence-electron chi connectivity index (χ1n) is 9.20. The summed E-state index contributed by atoms with van der Waals surface area (Å²) in [5.74, 6) is -0.120. The van der Waals surface area contributed by atoms with Crippen molar-refractivity contribution < 1.29 is 9.53 Å². The molecular formula is C19H29N3O2. The van der Waals surface area contributed by atoms with E-state index in [2.05, 4.69) is 16.0 Å². The highest BCUT2D eigenvalue weighted by Gasteiger charge is 2.41. The molecule has 0 spiro atoms. The molecule has 2 aliphatic heterocycles. The molecule has 3 heterocycles. The highest BCUT2D eigenvalue weighted by molar-refractivity contribution is 5.81. The summed E-state index contributed by atoms with van der Waals surface area (Å²) in [6.07, 6.45) is 10.7. The molecule has 5 nitrogen and oxygen atoms in total. The minimum absolute atomic E-state index is 0.120. The number of aromatic nitrogens is 1. The van der Waals surface area contributed by atoms with Crippen LogP contribution in [-0.4, -0.2) is 48.1 Å². The number of likely N-dealkylation sites (tertiary alicyclic amines) is 1. The third-order valence-corrected chi connectivity index (χ3v) is 5.68. The van der Waals surface area contributed by atoms with Crippen molar-refractivity contribution in [2.45, 2.75) is 51.0 Å². The number of carbonyl (C=O) groups excluding carboxylic acids is 1. The molecule has 0 aliphatic carbocycles. The maximum absolute atomic E-state index is 12.3. The van der Waals surface area contributed by atoms with Crippen LogP contribution in [0.1, 0.15) is 44.1 Å². The summed E-state index contributed by atoms with van der Waals surface area (Å²) in [6, 6.07) is 4.61. The van der Waals surface area contributed by atoms with Crippen LogP contribution in [0, 0.1) is 5.41 Å². The quantitative estimate of drug-likeness (QED) is 0.867. The Morgan fingerprint density at radius 3 is 2.96 bits per heavy atom. The molecule has 1 aromatic rings. The average molecular weight is 331 g/mol. The molecule has 0 bridgehead atoms. The predicted molar refractivity (Wildman–Crippen MR) is 93.5 cm³/mol. The van der Waals surface area contributed by atoms with Crippen LogP contribution in [0.15, 0.2) is 24.5 Å². The lowest BCUT2D eigenvalue weighted by molar-refractivity contribution is -0.133. The monoisotopic (exact) mass is 331 g/mol. The molecule has 1 amide bonds. The first-order chi connectivity index (χ1) is 11.7. The second-order valence-corrected chi connectivity index (χ2v) is 7.28. The first kappa shape index (κ1) is 17.4. The standard InChI is InChI=1S/C19H29N3O2/c20-18(23)19(8-1-4-16-5-2-10-21-14-16)9-3-11-22(15-19)17-6-12-24-13-7-17/h2,5,10,14,17H,1,3-4,6-9,11-13,15H2,(H2,20,23). The van der Waals surface area contributed by atoms with Crippen molar-refractivity contribution in [3.05, 3.63) is 30.1 Å². The van der Waals surface area contributed by atoms with Crippen LogP contribution in [0.5, 0.6) is 0 Å². The van der Waals surface area contributed by atoms with Crippen molar-refractivity contribution in [2.75, 3.05) is 26.3 Å². The number of amides is 1. The van der Waals surface area contributed by atoms with Crippen molar-refractivity contribution in [3.63, 3.8) is 0 Å². The van der Waals surface area contributed by atoms with E-state index in [0.29, 0.717) is 6.04 Å². The van der Waals surface area contributed by atoms with Crippen molar-refractivity contribution in [2.24, 2.45) is 11.1 Å². The van der Waals surface area contributed by atoms with Gasteiger partial charge in [-0.2, -0.15) is 0 Å². The molecule has 24 heavy (non-hydrogen) atoms. The SMILES string of the molecule is NC(=O)C1(CCCc2cccnc2)CCCN(C2CCOCC2)C1. The lowest BCUT2D eigenvalue weighted by atomic mass is 9.74. The van der Waals surface area contributed by atoms with Crippen LogP contribution >= 0.6 is 0 Å². The van der Waals surface area contributed by atoms with E-state index < -0.39 is 0 Å². The second kappa shape index (κ2) is 8.08. The number of piperidine rings is 1. The Hall–Kier alpha value is -1.46. The van der Waals surface area contributed by atoms with Crippen LogP contribution < -0.4 is 5.73 Å². The fraction of sp³-hybridized carbons (Fsp3) is 0.684. The van der Waals surface area contributed by atoms with E-state index in [-0.39, 0.29) is 11.3 Å². The summed E-state index contributed by atoms with van der Waals surface area (Å²) in [7, 11) is 0. The Kier molecular flexibility index (Phi) is 5.85. The topological polar surface area (TPSA) is 68.5 Å². The van der Waals surface area contributed by atoms with Crippen molar-refractivity contribution >= 4 is 5.91 Å². The molecule has 3 rings (SSSR count). The Balaban J connectivity index is 1.60. The van der Waals surface area contributed by atoms with Gasteiger partial charge in [-0.25, -0.2) is 0 Å². The number of rotatable bonds is 6. The van der Waals surface area contributed by atoms with Gasteiger partial charge in [-0.3, -0.25) is 14.7 Å². The third kappa shape index (κ3) is 4.14. The highest BCUT2D eigenvalue weighted by Crippen LogP contribution is 2.36. The van der Waals surface area contributed by atoms with Gasteiger partial charge in [-0.1, -0.05) is 6.07 Å². The fourth-order valence-electron chi connectivity index (χ4n) is 4.23. The zero-order valence-electron chi connectivity index (χ0n) is 14.5. The zero-order valence-corrected chi connectivity index (χ0v) is 14.5. The lowest BCUT2D eigenvalue weighted by Gasteiger charge is -2.45. The van der Waals surface area contributed by atoms with Crippen molar-refractivity contribution in [3.8, 4) is 0 Å². The molecular weight excluding hydrogens is 302 g/mol. The Labute approximate surface area is 144 Å². The van der Waals surface area contributed by atoms with Gasteiger partial charge >= 0.3 is 0 Å². The van der Waals surface area contributed by atoms with Crippen LogP contribution in [0.4, 0.5) is 0 Å². The van der Waals surface area contributed by atoms with Gasteiger partial charge in [0.25, 0.3) is 0 Å². The smallest absolute Gasteiger partial charge is 0.224 e. The van der Waals surface area contributed by atoms with Gasteiger partial charge in [0.1, 0.15) is 0 Å². The molecule has 132 valence electrons. The Morgan fingerprint density at radius 1 is 1.42 bits per heavy atom. The van der Waals surface area contributed by atoms with Gasteiger partial charge in [0.05, 0.1) is 5.41 Å².